The van der Waals surface area contributed by atoms with Crippen LogP contribution in [-0.4, -0.2) is 40.3 Å². The maximum Gasteiger partial charge on any atom is 0.343 e. The van der Waals surface area contributed by atoms with Crippen LogP contribution >= 0.6 is 11.8 Å². The first-order valence-corrected chi connectivity index (χ1v) is 6.20. The molecule has 1 heterocycles. The van der Waals surface area contributed by atoms with Gasteiger partial charge in [-0.25, -0.2) is 9.89 Å². The Hall–Kier alpha value is -0.790. The Labute approximate surface area is 98.6 Å². The number of nitrogens with zero attached hydrogens (tertiary/aromatic N) is 2. The summed E-state index contributed by atoms with van der Waals surface area (Å²) in [5, 5.41) is 7.09. The van der Waals surface area contributed by atoms with Crippen molar-refractivity contribution in [3.63, 3.8) is 0 Å². The summed E-state index contributed by atoms with van der Waals surface area (Å²) < 4.78 is 6.57. The van der Waals surface area contributed by atoms with Crippen LogP contribution in [0.3, 0.4) is 0 Å². The zero-order valence-electron chi connectivity index (χ0n) is 9.60. The first-order valence-electron chi connectivity index (χ1n) is 5.21. The van der Waals surface area contributed by atoms with E-state index in [9.17, 15) is 4.79 Å². The molecule has 1 unspecified atom stereocenters. The second-order valence-electron chi connectivity index (χ2n) is 3.49. The van der Waals surface area contributed by atoms with Gasteiger partial charge in [0.1, 0.15) is 0 Å². The summed E-state index contributed by atoms with van der Waals surface area (Å²) in [5.41, 5.74) is 5.63. The molecule has 0 fully saturated rings. The van der Waals surface area contributed by atoms with Gasteiger partial charge < -0.3 is 10.5 Å². The van der Waals surface area contributed by atoms with Crippen LogP contribution in [0.5, 0.6) is 0 Å². The van der Waals surface area contributed by atoms with E-state index in [0.717, 1.165) is 6.42 Å². The largest absolute Gasteiger partial charge is 0.383 e. The van der Waals surface area contributed by atoms with Crippen molar-refractivity contribution in [1.82, 2.24) is 14.8 Å². The van der Waals surface area contributed by atoms with Gasteiger partial charge in [0.15, 0.2) is 5.16 Å². The number of hydrogen-bond acceptors (Lipinski definition) is 5. The van der Waals surface area contributed by atoms with Crippen LogP contribution in [0.2, 0.25) is 0 Å². The highest BCUT2D eigenvalue weighted by molar-refractivity contribution is 7.99. The van der Waals surface area contributed by atoms with E-state index in [1.54, 1.807) is 11.7 Å². The van der Waals surface area contributed by atoms with Gasteiger partial charge in [0, 0.05) is 25.4 Å². The number of thioether (sulfide) groups is 1. The highest BCUT2D eigenvalue weighted by Crippen LogP contribution is 2.14. The van der Waals surface area contributed by atoms with Gasteiger partial charge in [-0.3, -0.25) is 4.57 Å². The van der Waals surface area contributed by atoms with Crippen molar-refractivity contribution in [2.24, 2.45) is 5.73 Å². The molecule has 16 heavy (non-hydrogen) atoms. The van der Waals surface area contributed by atoms with Crippen LogP contribution in [-0.2, 0) is 11.3 Å². The van der Waals surface area contributed by atoms with Crippen molar-refractivity contribution in [3.05, 3.63) is 10.5 Å². The molecule has 0 amide bonds. The highest BCUT2D eigenvalue weighted by atomic mass is 32.2. The summed E-state index contributed by atoms with van der Waals surface area (Å²) in [5.74, 6) is 0.682. The van der Waals surface area contributed by atoms with Crippen molar-refractivity contribution >= 4 is 11.8 Å². The lowest BCUT2D eigenvalue weighted by Gasteiger charge is -2.09. The number of ether oxygens (including phenoxy) is 1. The van der Waals surface area contributed by atoms with Gasteiger partial charge in [-0.2, -0.15) is 0 Å². The molecule has 0 aromatic carbocycles. The molecule has 92 valence electrons. The quantitative estimate of drug-likeness (QED) is 0.664. The third-order valence-electron chi connectivity index (χ3n) is 1.98. The molecule has 1 aromatic heterocycles. The van der Waals surface area contributed by atoms with E-state index in [0.29, 0.717) is 24.1 Å². The summed E-state index contributed by atoms with van der Waals surface area (Å²) in [6.45, 7) is 3.21. The van der Waals surface area contributed by atoms with Gasteiger partial charge in [0.2, 0.25) is 0 Å². The van der Waals surface area contributed by atoms with Crippen LogP contribution in [0, 0.1) is 0 Å². The van der Waals surface area contributed by atoms with Crippen LogP contribution < -0.4 is 11.4 Å². The van der Waals surface area contributed by atoms with Crippen molar-refractivity contribution in [3.8, 4) is 0 Å². The molecule has 1 rings (SSSR count). The summed E-state index contributed by atoms with van der Waals surface area (Å²) in [7, 11) is 1.62. The smallest absolute Gasteiger partial charge is 0.343 e. The zero-order valence-corrected chi connectivity index (χ0v) is 10.4. The Kier molecular flexibility index (Phi) is 5.58. The summed E-state index contributed by atoms with van der Waals surface area (Å²) in [6, 6.07) is -0.0446. The second kappa shape index (κ2) is 6.72. The molecule has 7 heteroatoms. The molecular formula is C9H18N4O2S. The van der Waals surface area contributed by atoms with Crippen molar-refractivity contribution in [1.29, 1.82) is 0 Å². The lowest BCUT2D eigenvalue weighted by molar-refractivity contribution is 0.186. The van der Waals surface area contributed by atoms with Crippen LogP contribution in [0.15, 0.2) is 9.95 Å². The van der Waals surface area contributed by atoms with Crippen molar-refractivity contribution < 1.29 is 4.74 Å². The van der Waals surface area contributed by atoms with Crippen LogP contribution in [0.1, 0.15) is 13.3 Å². The Balaban J connectivity index is 2.56. The molecule has 0 saturated heterocycles. The van der Waals surface area contributed by atoms with Gasteiger partial charge in [0.25, 0.3) is 0 Å². The predicted molar refractivity (Wildman–Crippen MR) is 63.7 cm³/mol. The number of rotatable bonds is 7. The van der Waals surface area contributed by atoms with E-state index in [4.69, 9.17) is 10.5 Å². The van der Waals surface area contributed by atoms with E-state index in [2.05, 4.69) is 10.2 Å². The maximum absolute atomic E-state index is 11.4. The van der Waals surface area contributed by atoms with E-state index < -0.39 is 0 Å². The number of methoxy groups -OCH3 is 1. The van der Waals surface area contributed by atoms with Crippen LogP contribution in [0.4, 0.5) is 0 Å². The van der Waals surface area contributed by atoms with Gasteiger partial charge >= 0.3 is 5.69 Å². The third kappa shape index (κ3) is 3.66. The maximum atomic E-state index is 11.4. The van der Waals surface area contributed by atoms with E-state index >= 15 is 0 Å². The topological polar surface area (TPSA) is 85.9 Å². The minimum atomic E-state index is -0.162. The lowest BCUT2D eigenvalue weighted by Crippen LogP contribution is -2.28. The van der Waals surface area contributed by atoms with E-state index in [-0.39, 0.29) is 11.7 Å². The fraction of sp³-hybridized carbons (Fsp3) is 0.778. The Morgan fingerprint density at radius 3 is 3.06 bits per heavy atom. The molecule has 0 radical (unpaired) electrons. The highest BCUT2D eigenvalue weighted by Gasteiger charge is 2.10. The molecule has 0 bridgehead atoms. The molecule has 1 aromatic rings. The molecule has 0 aliphatic rings. The van der Waals surface area contributed by atoms with Crippen molar-refractivity contribution in [2.45, 2.75) is 31.1 Å². The molecule has 6 nitrogen and oxygen atoms in total. The molecule has 0 saturated carbocycles. The van der Waals surface area contributed by atoms with Gasteiger partial charge in [0.05, 0.1) is 6.61 Å². The summed E-state index contributed by atoms with van der Waals surface area (Å²) >= 11 is 1.47. The first kappa shape index (κ1) is 13.3. The fourth-order valence-electron chi connectivity index (χ4n) is 1.28. The number of nitrogens with two attached hydrogens (primary N) is 1. The van der Waals surface area contributed by atoms with Gasteiger partial charge in [-0.1, -0.05) is 18.7 Å². The minimum Gasteiger partial charge on any atom is -0.383 e. The number of aromatic nitrogens is 3. The van der Waals surface area contributed by atoms with E-state index in [1.165, 1.54) is 11.8 Å². The number of nitrogens with one attached hydrogen (secondary N) is 1. The number of H-pyrrole nitrogens is 1. The van der Waals surface area contributed by atoms with E-state index in [1.807, 2.05) is 6.92 Å². The lowest BCUT2D eigenvalue weighted by atomic mass is 10.4. The number of aromatic amines is 1. The fourth-order valence-corrected chi connectivity index (χ4v) is 2.18. The first-order chi connectivity index (χ1) is 7.69. The second-order valence-corrected chi connectivity index (χ2v) is 4.48. The third-order valence-corrected chi connectivity index (χ3v) is 3.14. The normalized spacial score (nSPS) is 12.9. The van der Waals surface area contributed by atoms with Crippen molar-refractivity contribution in [2.75, 3.05) is 19.5 Å². The molecule has 0 aliphatic carbocycles. The van der Waals surface area contributed by atoms with Crippen LogP contribution in [0.25, 0.3) is 0 Å². The molecule has 3 N–H and O–H groups in total. The molecular weight excluding hydrogens is 228 g/mol. The average molecular weight is 246 g/mol. The minimum absolute atomic E-state index is 0.0446. The monoisotopic (exact) mass is 246 g/mol. The summed E-state index contributed by atoms with van der Waals surface area (Å²) in [6.07, 6.45) is 0.900. The molecule has 0 spiro atoms. The number of hydrogen-bond donors (Lipinski definition) is 2. The summed E-state index contributed by atoms with van der Waals surface area (Å²) in [4.78, 5) is 11.4. The molecule has 1 atom stereocenters. The Bertz CT molecular complexity index is 363. The average Bonchev–Trinajstić information content (AvgIpc) is 2.59. The Morgan fingerprint density at radius 2 is 2.44 bits per heavy atom. The molecule has 0 aliphatic heterocycles. The standard InChI is InChI=1S/C9H18N4O2S/c1-3-4-13-8(14)11-12-9(13)16-6-7(10)5-15-2/h7H,3-6,10H2,1-2H3,(H,11,14). The predicted octanol–water partition coefficient (Wildman–Crippen LogP) is 0.0472. The Morgan fingerprint density at radius 1 is 1.69 bits per heavy atom. The zero-order chi connectivity index (χ0) is 12.0. The van der Waals surface area contributed by atoms with Gasteiger partial charge in [-0.05, 0) is 6.42 Å². The van der Waals surface area contributed by atoms with Gasteiger partial charge in [-0.15, -0.1) is 5.10 Å². The SMILES string of the molecule is CCCn1c(SCC(N)COC)n[nH]c1=O.